The first-order chi connectivity index (χ1) is 16.7. The number of amides is 2. The molecule has 3 fully saturated rings. The molecule has 0 unspecified atom stereocenters. The Kier molecular flexibility index (Phi) is 6.89. The minimum absolute atomic E-state index is 0.00961. The van der Waals surface area contributed by atoms with Crippen LogP contribution in [0.3, 0.4) is 0 Å². The highest BCUT2D eigenvalue weighted by Gasteiger charge is 2.34. The lowest BCUT2D eigenvalue weighted by molar-refractivity contribution is -0.140. The molecule has 3 saturated heterocycles. The van der Waals surface area contributed by atoms with Crippen molar-refractivity contribution >= 4 is 23.3 Å². The second-order valence-corrected chi connectivity index (χ2v) is 9.23. The Balaban J connectivity index is 1.04. The van der Waals surface area contributed by atoms with E-state index in [9.17, 15) is 9.59 Å². The Morgan fingerprint density at radius 2 is 1.71 bits per heavy atom. The van der Waals surface area contributed by atoms with Crippen LogP contribution >= 0.6 is 0 Å². The van der Waals surface area contributed by atoms with Gasteiger partial charge in [-0.2, -0.15) is 5.10 Å². The van der Waals surface area contributed by atoms with E-state index in [1.807, 2.05) is 46.2 Å². The number of benzene rings is 1. The van der Waals surface area contributed by atoms with Crippen molar-refractivity contribution in [2.24, 2.45) is 11.8 Å². The lowest BCUT2D eigenvalue weighted by Crippen LogP contribution is -2.52. The van der Waals surface area contributed by atoms with Crippen LogP contribution in [0.5, 0.6) is 5.75 Å². The highest BCUT2D eigenvalue weighted by atomic mass is 16.5. The van der Waals surface area contributed by atoms with Gasteiger partial charge in [0, 0.05) is 70.0 Å². The van der Waals surface area contributed by atoms with E-state index < -0.39 is 0 Å². The van der Waals surface area contributed by atoms with Gasteiger partial charge >= 0.3 is 0 Å². The molecule has 5 rings (SSSR count). The highest BCUT2D eigenvalue weighted by Crippen LogP contribution is 2.26. The lowest BCUT2D eigenvalue weighted by atomic mass is 9.97. The zero-order valence-corrected chi connectivity index (χ0v) is 19.3. The number of ether oxygens (including phenoxy) is 2. The summed E-state index contributed by atoms with van der Waals surface area (Å²) in [7, 11) is 0. The molecule has 0 aliphatic carbocycles. The summed E-state index contributed by atoms with van der Waals surface area (Å²) in [6.45, 7) is 4.13. The zero-order chi connectivity index (χ0) is 23.3. The van der Waals surface area contributed by atoms with Crippen LogP contribution in [0, 0.1) is 11.8 Å². The van der Waals surface area contributed by atoms with Gasteiger partial charge in [-0.05, 0) is 49.2 Å². The Labute approximate surface area is 199 Å². The first kappa shape index (κ1) is 22.6. The van der Waals surface area contributed by atoms with Gasteiger partial charge in [0.1, 0.15) is 11.9 Å². The molecular formula is C25H31N5O4. The van der Waals surface area contributed by atoms with E-state index in [1.165, 1.54) is 0 Å². The van der Waals surface area contributed by atoms with Crippen molar-refractivity contribution < 1.29 is 19.1 Å². The molecule has 2 aromatic rings. The summed E-state index contributed by atoms with van der Waals surface area (Å²) in [5.41, 5.74) is 0.757. The fraction of sp³-hybridized carbons (Fsp3) is 0.520. The van der Waals surface area contributed by atoms with Gasteiger partial charge in [-0.3, -0.25) is 9.59 Å². The van der Waals surface area contributed by atoms with Crippen molar-refractivity contribution in [3.05, 3.63) is 42.6 Å². The maximum atomic E-state index is 12.7. The predicted molar refractivity (Wildman–Crippen MR) is 127 cm³/mol. The first-order valence-corrected chi connectivity index (χ1v) is 12.1. The summed E-state index contributed by atoms with van der Waals surface area (Å²) in [5.74, 6) is 1.91. The quantitative estimate of drug-likeness (QED) is 0.699. The smallest absolute Gasteiger partial charge is 0.231 e. The topological polar surface area (TPSA) is 96.9 Å². The molecule has 0 saturated carbocycles. The molecule has 9 nitrogen and oxygen atoms in total. The van der Waals surface area contributed by atoms with Gasteiger partial charge < -0.3 is 24.6 Å². The van der Waals surface area contributed by atoms with Gasteiger partial charge in [-0.15, -0.1) is 5.10 Å². The molecule has 1 aromatic carbocycles. The van der Waals surface area contributed by atoms with Crippen LogP contribution in [-0.2, 0) is 14.3 Å². The Morgan fingerprint density at radius 1 is 0.971 bits per heavy atom. The third-order valence-corrected chi connectivity index (χ3v) is 6.88. The predicted octanol–water partition coefficient (Wildman–Crippen LogP) is 2.35. The third-order valence-electron chi connectivity index (χ3n) is 6.88. The monoisotopic (exact) mass is 465 g/mol. The zero-order valence-electron chi connectivity index (χ0n) is 19.3. The van der Waals surface area contributed by atoms with Crippen molar-refractivity contribution in [1.29, 1.82) is 0 Å². The standard InChI is InChI=1S/C25H31N5O4/c31-24(19-16-30(17-19)23-2-1-11-26-28-23)27-20-3-5-21(6-4-20)34-22-7-12-29(13-8-22)25(32)18-9-14-33-15-10-18/h1-6,11,18-19,22H,7-10,12-17H2,(H,27,31). The van der Waals surface area contributed by atoms with E-state index in [4.69, 9.17) is 9.47 Å². The van der Waals surface area contributed by atoms with Crippen LogP contribution in [0.25, 0.3) is 0 Å². The molecule has 0 bridgehead atoms. The van der Waals surface area contributed by atoms with Crippen LogP contribution in [0.15, 0.2) is 42.6 Å². The fourth-order valence-electron chi connectivity index (χ4n) is 4.74. The average Bonchev–Trinajstić information content (AvgIpc) is 2.86. The molecule has 4 heterocycles. The van der Waals surface area contributed by atoms with Crippen molar-refractivity contribution in [3.63, 3.8) is 0 Å². The van der Waals surface area contributed by atoms with E-state index in [1.54, 1.807) is 6.20 Å². The Bertz CT molecular complexity index is 967. The summed E-state index contributed by atoms with van der Waals surface area (Å²) in [5, 5.41) is 10.9. The number of rotatable bonds is 6. The number of hydrogen-bond acceptors (Lipinski definition) is 7. The second kappa shape index (κ2) is 10.4. The summed E-state index contributed by atoms with van der Waals surface area (Å²) in [4.78, 5) is 29.2. The van der Waals surface area contributed by atoms with Crippen LogP contribution in [-0.4, -0.2) is 72.4 Å². The second-order valence-electron chi connectivity index (χ2n) is 9.23. The van der Waals surface area contributed by atoms with Gasteiger partial charge in [0.05, 0.1) is 5.92 Å². The van der Waals surface area contributed by atoms with Gasteiger partial charge in [-0.25, -0.2) is 0 Å². The summed E-state index contributed by atoms with van der Waals surface area (Å²) < 4.78 is 11.5. The molecule has 1 aromatic heterocycles. The molecule has 9 heteroatoms. The van der Waals surface area contributed by atoms with Crippen molar-refractivity contribution in [2.75, 3.05) is 49.6 Å². The molecule has 0 radical (unpaired) electrons. The van der Waals surface area contributed by atoms with Gasteiger partial charge in [0.15, 0.2) is 5.82 Å². The van der Waals surface area contributed by atoms with E-state index >= 15 is 0 Å². The molecular weight excluding hydrogens is 434 g/mol. The number of nitrogens with zero attached hydrogens (tertiary/aromatic N) is 4. The van der Waals surface area contributed by atoms with Crippen molar-refractivity contribution in [2.45, 2.75) is 31.8 Å². The molecule has 180 valence electrons. The van der Waals surface area contributed by atoms with Gasteiger partial charge in [0.25, 0.3) is 0 Å². The summed E-state index contributed by atoms with van der Waals surface area (Å²) in [6.07, 6.45) is 5.06. The summed E-state index contributed by atoms with van der Waals surface area (Å²) in [6, 6.07) is 11.3. The Hall–Kier alpha value is -3.20. The van der Waals surface area contributed by atoms with Crippen LogP contribution in [0.2, 0.25) is 0 Å². The van der Waals surface area contributed by atoms with Crippen molar-refractivity contribution in [3.8, 4) is 5.75 Å². The minimum atomic E-state index is -0.0630. The van der Waals surface area contributed by atoms with E-state index in [0.29, 0.717) is 26.3 Å². The normalized spacial score (nSPS) is 20.0. The lowest BCUT2D eigenvalue weighted by Gasteiger charge is -2.38. The van der Waals surface area contributed by atoms with Crippen molar-refractivity contribution in [1.82, 2.24) is 15.1 Å². The average molecular weight is 466 g/mol. The third kappa shape index (κ3) is 5.30. The molecule has 2 amide bonds. The van der Waals surface area contributed by atoms with Crippen LogP contribution < -0.4 is 15.0 Å². The number of carbonyl (C=O) groups excluding carboxylic acids is 2. The molecule has 0 atom stereocenters. The number of likely N-dealkylation sites (tertiary alicyclic amines) is 1. The Morgan fingerprint density at radius 3 is 2.38 bits per heavy atom. The summed E-state index contributed by atoms with van der Waals surface area (Å²) >= 11 is 0. The first-order valence-electron chi connectivity index (χ1n) is 12.1. The van der Waals surface area contributed by atoms with E-state index in [2.05, 4.69) is 15.5 Å². The highest BCUT2D eigenvalue weighted by molar-refractivity contribution is 5.94. The van der Waals surface area contributed by atoms with Crippen LogP contribution in [0.1, 0.15) is 25.7 Å². The molecule has 34 heavy (non-hydrogen) atoms. The number of aromatic nitrogens is 2. The van der Waals surface area contributed by atoms with Gasteiger partial charge in [-0.1, -0.05) is 0 Å². The van der Waals surface area contributed by atoms with E-state index in [0.717, 1.165) is 56.0 Å². The number of anilines is 2. The molecule has 1 N–H and O–H groups in total. The molecule has 3 aliphatic rings. The van der Waals surface area contributed by atoms with E-state index in [-0.39, 0.29) is 29.8 Å². The number of hydrogen-bond donors (Lipinski definition) is 1. The maximum absolute atomic E-state index is 12.7. The SMILES string of the molecule is O=C(Nc1ccc(OC2CCN(C(=O)C3CCOCC3)CC2)cc1)C1CN(c2cccnn2)C1. The van der Waals surface area contributed by atoms with Crippen LogP contribution in [0.4, 0.5) is 11.5 Å². The number of piperidine rings is 1. The minimum Gasteiger partial charge on any atom is -0.490 e. The number of nitrogens with one attached hydrogen (secondary N) is 1. The molecule has 3 aliphatic heterocycles. The molecule has 0 spiro atoms. The largest absolute Gasteiger partial charge is 0.490 e. The van der Waals surface area contributed by atoms with Gasteiger partial charge in [0.2, 0.25) is 11.8 Å². The number of carbonyl (C=O) groups is 2. The fourth-order valence-corrected chi connectivity index (χ4v) is 4.74. The maximum Gasteiger partial charge on any atom is 0.231 e.